The van der Waals surface area contributed by atoms with E-state index in [9.17, 15) is 5.11 Å². The van der Waals surface area contributed by atoms with Crippen LogP contribution in [0.2, 0.25) is 0 Å². The van der Waals surface area contributed by atoms with Gasteiger partial charge in [-0.15, -0.1) is 23.5 Å². The maximum atomic E-state index is 10.2. The third kappa shape index (κ3) is 3.87. The maximum Gasteiger partial charge on any atom is 0.120 e. The number of rotatable bonds is 5. The van der Waals surface area contributed by atoms with Crippen LogP contribution in [0.15, 0.2) is 94.7 Å². The van der Waals surface area contributed by atoms with Gasteiger partial charge in [0.25, 0.3) is 0 Å². The average Bonchev–Trinajstić information content (AvgIpc) is 2.57. The molecule has 0 saturated carbocycles. The Morgan fingerprint density at radius 3 is 1.55 bits per heavy atom. The molecule has 3 rings (SSSR count). The molecule has 0 aliphatic rings. The van der Waals surface area contributed by atoms with Crippen LogP contribution < -0.4 is 0 Å². The van der Waals surface area contributed by atoms with Crippen LogP contribution in [0.3, 0.4) is 0 Å². The van der Waals surface area contributed by atoms with Crippen molar-refractivity contribution in [2.75, 3.05) is 0 Å². The third-order valence-corrected chi connectivity index (χ3v) is 5.77. The van der Waals surface area contributed by atoms with Crippen molar-refractivity contribution in [3.8, 4) is 5.75 Å². The largest absolute Gasteiger partial charge is 0.508 e. The lowest BCUT2D eigenvalue weighted by Gasteiger charge is -2.18. The minimum Gasteiger partial charge on any atom is -0.508 e. The van der Waals surface area contributed by atoms with E-state index in [0.29, 0.717) is 5.75 Å². The lowest BCUT2D eigenvalue weighted by atomic mass is 10.2. The smallest absolute Gasteiger partial charge is 0.120 e. The first-order valence-electron chi connectivity index (χ1n) is 7.04. The zero-order valence-corrected chi connectivity index (χ0v) is 13.6. The number of para-hydroxylation sites is 1. The molecular formula is C19H16OS2. The Morgan fingerprint density at radius 1 is 0.591 bits per heavy atom. The Morgan fingerprint density at radius 2 is 1.05 bits per heavy atom. The summed E-state index contributed by atoms with van der Waals surface area (Å²) in [4.78, 5) is 2.39. The van der Waals surface area contributed by atoms with Crippen molar-refractivity contribution in [2.24, 2.45) is 0 Å². The molecule has 0 radical (unpaired) electrons. The molecule has 1 nitrogen and oxygen atoms in total. The summed E-state index contributed by atoms with van der Waals surface area (Å²) in [6.07, 6.45) is 0. The van der Waals surface area contributed by atoms with Crippen molar-refractivity contribution >= 4 is 23.5 Å². The van der Waals surface area contributed by atoms with Crippen molar-refractivity contribution < 1.29 is 5.11 Å². The van der Waals surface area contributed by atoms with Crippen LogP contribution in [0, 0.1) is 0 Å². The van der Waals surface area contributed by atoms with E-state index in [1.165, 1.54) is 9.79 Å². The van der Waals surface area contributed by atoms with Gasteiger partial charge in [0.05, 0.1) is 4.58 Å². The molecule has 0 fully saturated rings. The molecule has 1 N–H and O–H groups in total. The summed E-state index contributed by atoms with van der Waals surface area (Å²) >= 11 is 3.51. The molecule has 3 aromatic rings. The summed E-state index contributed by atoms with van der Waals surface area (Å²) in [6.45, 7) is 0. The fourth-order valence-corrected chi connectivity index (χ4v) is 4.72. The molecule has 0 unspecified atom stereocenters. The molecule has 0 aliphatic heterocycles. The molecule has 3 heteroatoms. The Balaban J connectivity index is 1.90. The maximum absolute atomic E-state index is 10.2. The normalized spacial score (nSPS) is 10.8. The molecule has 22 heavy (non-hydrogen) atoms. The van der Waals surface area contributed by atoms with E-state index in [1.54, 1.807) is 29.6 Å². The van der Waals surface area contributed by atoms with E-state index in [0.717, 1.165) is 5.56 Å². The summed E-state index contributed by atoms with van der Waals surface area (Å²) in [5.74, 6) is 0.347. The Bertz CT molecular complexity index is 672. The van der Waals surface area contributed by atoms with E-state index < -0.39 is 0 Å². The van der Waals surface area contributed by atoms with Crippen molar-refractivity contribution in [1.29, 1.82) is 0 Å². The summed E-state index contributed by atoms with van der Waals surface area (Å²) < 4.78 is 0.103. The lowest BCUT2D eigenvalue weighted by Crippen LogP contribution is -1.90. The van der Waals surface area contributed by atoms with Gasteiger partial charge in [0.2, 0.25) is 0 Å². The van der Waals surface area contributed by atoms with Crippen LogP contribution in [0.4, 0.5) is 0 Å². The number of phenols is 1. The number of aromatic hydroxyl groups is 1. The van der Waals surface area contributed by atoms with Gasteiger partial charge in [-0.05, 0) is 30.3 Å². The van der Waals surface area contributed by atoms with Crippen molar-refractivity contribution in [3.05, 3.63) is 90.5 Å². The van der Waals surface area contributed by atoms with Gasteiger partial charge in [0.15, 0.2) is 0 Å². The van der Waals surface area contributed by atoms with Crippen LogP contribution in [-0.4, -0.2) is 5.11 Å². The molecule has 0 aromatic heterocycles. The molecule has 3 aromatic carbocycles. The first-order chi connectivity index (χ1) is 10.8. The number of hydrogen-bond donors (Lipinski definition) is 1. The summed E-state index contributed by atoms with van der Waals surface area (Å²) in [5, 5.41) is 10.2. The lowest BCUT2D eigenvalue weighted by molar-refractivity contribution is 0.470. The number of thioether (sulfide) groups is 2. The van der Waals surface area contributed by atoms with Crippen LogP contribution in [-0.2, 0) is 0 Å². The highest BCUT2D eigenvalue weighted by atomic mass is 32.2. The highest BCUT2D eigenvalue weighted by Gasteiger charge is 2.18. The van der Waals surface area contributed by atoms with Crippen LogP contribution in [0.25, 0.3) is 0 Å². The van der Waals surface area contributed by atoms with E-state index in [-0.39, 0.29) is 4.58 Å². The first kappa shape index (κ1) is 15.1. The topological polar surface area (TPSA) is 20.2 Å². The van der Waals surface area contributed by atoms with Gasteiger partial charge in [0, 0.05) is 15.4 Å². The number of phenolic OH excluding ortho intramolecular Hbond substituents is 1. The Labute approximate surface area is 139 Å². The molecular weight excluding hydrogens is 308 g/mol. The highest BCUT2D eigenvalue weighted by Crippen LogP contribution is 2.49. The van der Waals surface area contributed by atoms with Gasteiger partial charge in [0.1, 0.15) is 5.75 Å². The zero-order valence-electron chi connectivity index (χ0n) is 11.9. The van der Waals surface area contributed by atoms with Gasteiger partial charge in [-0.3, -0.25) is 0 Å². The predicted octanol–water partition coefficient (Wildman–Crippen LogP) is 5.98. The standard InChI is InChI=1S/C19H16OS2/c20-18-14-8-7-13-17(18)19(21-15-9-3-1-4-10-15)22-16-11-5-2-6-12-16/h1-14,19-20H. The SMILES string of the molecule is Oc1ccccc1C(Sc1ccccc1)Sc1ccccc1. The molecule has 0 saturated heterocycles. The minimum absolute atomic E-state index is 0.103. The second-order valence-electron chi connectivity index (χ2n) is 4.75. The van der Waals surface area contributed by atoms with Crippen LogP contribution in [0.1, 0.15) is 10.1 Å². The van der Waals surface area contributed by atoms with Crippen LogP contribution in [0.5, 0.6) is 5.75 Å². The Kier molecular flexibility index (Phi) is 5.09. The van der Waals surface area contributed by atoms with Gasteiger partial charge in [-0.25, -0.2) is 0 Å². The van der Waals surface area contributed by atoms with Gasteiger partial charge < -0.3 is 5.11 Å². The van der Waals surface area contributed by atoms with E-state index in [2.05, 4.69) is 24.3 Å². The second kappa shape index (κ2) is 7.43. The first-order valence-corrected chi connectivity index (χ1v) is 8.80. The van der Waals surface area contributed by atoms with Crippen molar-refractivity contribution in [1.82, 2.24) is 0 Å². The fourth-order valence-electron chi connectivity index (χ4n) is 2.08. The minimum atomic E-state index is 0.103. The van der Waals surface area contributed by atoms with Crippen molar-refractivity contribution in [2.45, 2.75) is 14.4 Å². The van der Waals surface area contributed by atoms with Gasteiger partial charge >= 0.3 is 0 Å². The number of hydrogen-bond acceptors (Lipinski definition) is 3. The monoisotopic (exact) mass is 324 g/mol. The van der Waals surface area contributed by atoms with E-state index >= 15 is 0 Å². The molecule has 0 spiro atoms. The summed E-state index contributed by atoms with van der Waals surface area (Å²) in [6, 6.07) is 28.2. The zero-order chi connectivity index (χ0) is 15.2. The fraction of sp³-hybridized carbons (Fsp3) is 0.0526. The van der Waals surface area contributed by atoms with E-state index in [1.807, 2.05) is 54.6 Å². The molecule has 0 amide bonds. The third-order valence-electron chi connectivity index (χ3n) is 3.16. The Hall–Kier alpha value is -1.84. The summed E-state index contributed by atoms with van der Waals surface area (Å²) in [7, 11) is 0. The molecule has 0 heterocycles. The van der Waals surface area contributed by atoms with Gasteiger partial charge in [-0.1, -0.05) is 54.6 Å². The number of benzene rings is 3. The molecule has 0 bridgehead atoms. The van der Waals surface area contributed by atoms with Gasteiger partial charge in [-0.2, -0.15) is 0 Å². The molecule has 110 valence electrons. The second-order valence-corrected chi connectivity index (χ2v) is 7.41. The highest BCUT2D eigenvalue weighted by molar-refractivity contribution is 8.16. The predicted molar refractivity (Wildman–Crippen MR) is 95.4 cm³/mol. The molecule has 0 atom stereocenters. The molecule has 0 aliphatic carbocycles. The van der Waals surface area contributed by atoms with Crippen LogP contribution >= 0.6 is 23.5 Å². The van der Waals surface area contributed by atoms with E-state index in [4.69, 9.17) is 0 Å². The summed E-state index contributed by atoms with van der Waals surface area (Å²) in [5.41, 5.74) is 0.949. The quantitative estimate of drug-likeness (QED) is 0.461. The average molecular weight is 324 g/mol. The van der Waals surface area contributed by atoms with Crippen molar-refractivity contribution in [3.63, 3.8) is 0 Å².